The first kappa shape index (κ1) is 15.9. The smallest absolute Gasteiger partial charge is 0.270 e. The fourth-order valence-corrected chi connectivity index (χ4v) is 2.14. The average Bonchev–Trinajstić information content (AvgIpc) is 2.53. The van der Waals surface area contributed by atoms with Crippen LogP contribution in [0.1, 0.15) is 29.8 Å². The zero-order valence-electron chi connectivity index (χ0n) is 12.9. The number of aromatic nitrogens is 1. The minimum absolute atomic E-state index is 0.0536. The van der Waals surface area contributed by atoms with Crippen molar-refractivity contribution in [3.05, 3.63) is 63.5 Å². The van der Waals surface area contributed by atoms with Crippen LogP contribution in [0.25, 0.3) is 0 Å². The summed E-state index contributed by atoms with van der Waals surface area (Å²) in [6, 6.07) is 8.46. The van der Waals surface area contributed by atoms with Gasteiger partial charge in [0.15, 0.2) is 0 Å². The molecule has 2 aromatic rings. The van der Waals surface area contributed by atoms with Crippen molar-refractivity contribution in [1.29, 1.82) is 0 Å². The van der Waals surface area contributed by atoms with Crippen LogP contribution in [-0.2, 0) is 6.54 Å². The lowest BCUT2D eigenvalue weighted by Crippen LogP contribution is -2.19. The van der Waals surface area contributed by atoms with E-state index in [4.69, 9.17) is 4.74 Å². The van der Waals surface area contributed by atoms with E-state index in [0.717, 1.165) is 16.8 Å². The molecular weight excluding hydrogens is 282 g/mol. The predicted molar refractivity (Wildman–Crippen MR) is 83.9 cm³/mol. The Morgan fingerprint density at radius 1 is 1.36 bits per heavy atom. The quantitative estimate of drug-likeness (QED) is 0.655. The molecule has 1 atom stereocenters. The molecule has 0 radical (unpaired) electrons. The number of nitrogens with one attached hydrogen (secondary N) is 1. The highest BCUT2D eigenvalue weighted by Crippen LogP contribution is 2.29. The van der Waals surface area contributed by atoms with Crippen LogP contribution in [-0.4, -0.2) is 17.0 Å². The monoisotopic (exact) mass is 301 g/mol. The zero-order chi connectivity index (χ0) is 16.1. The maximum atomic E-state index is 10.9. The topological polar surface area (TPSA) is 77.3 Å². The van der Waals surface area contributed by atoms with Gasteiger partial charge < -0.3 is 10.1 Å². The number of aryl methyl sites for hydroxylation is 1. The van der Waals surface area contributed by atoms with Crippen molar-refractivity contribution in [2.24, 2.45) is 0 Å². The van der Waals surface area contributed by atoms with Crippen LogP contribution < -0.4 is 10.1 Å². The van der Waals surface area contributed by atoms with Gasteiger partial charge in [-0.2, -0.15) is 0 Å². The van der Waals surface area contributed by atoms with Gasteiger partial charge in [-0.05, 0) is 31.5 Å². The number of nitro benzene ring substituents is 1. The second-order valence-electron chi connectivity index (χ2n) is 5.11. The summed E-state index contributed by atoms with van der Waals surface area (Å²) < 4.78 is 5.29. The van der Waals surface area contributed by atoms with Crippen molar-refractivity contribution in [3.8, 4) is 5.75 Å². The second-order valence-corrected chi connectivity index (χ2v) is 5.11. The van der Waals surface area contributed by atoms with Gasteiger partial charge in [0.1, 0.15) is 5.75 Å². The van der Waals surface area contributed by atoms with Gasteiger partial charge in [-0.15, -0.1) is 0 Å². The standard InChI is InChI=1S/C16H19N3O3/c1-11-4-5-13(18-9-11)10-17-12(2)15-8-14(19(20)21)6-7-16(15)22-3/h4-9,12,17H,10H2,1-3H3. The molecule has 1 heterocycles. The van der Waals surface area contributed by atoms with E-state index in [2.05, 4.69) is 10.3 Å². The first-order valence-electron chi connectivity index (χ1n) is 6.98. The summed E-state index contributed by atoms with van der Waals surface area (Å²) >= 11 is 0. The fourth-order valence-electron chi connectivity index (χ4n) is 2.14. The summed E-state index contributed by atoms with van der Waals surface area (Å²) in [5, 5.41) is 14.2. The van der Waals surface area contributed by atoms with Crippen molar-refractivity contribution < 1.29 is 9.66 Å². The summed E-state index contributed by atoms with van der Waals surface area (Å²) in [5.41, 5.74) is 2.83. The van der Waals surface area contributed by atoms with Crippen LogP contribution in [0.4, 0.5) is 5.69 Å². The number of benzene rings is 1. The Morgan fingerprint density at radius 2 is 2.14 bits per heavy atom. The summed E-state index contributed by atoms with van der Waals surface area (Å²) in [5.74, 6) is 0.627. The third-order valence-corrected chi connectivity index (χ3v) is 3.45. The molecular formula is C16H19N3O3. The van der Waals surface area contributed by atoms with E-state index in [-0.39, 0.29) is 11.7 Å². The van der Waals surface area contributed by atoms with E-state index in [1.807, 2.05) is 32.2 Å². The highest BCUT2D eigenvalue weighted by Gasteiger charge is 2.16. The molecule has 2 rings (SSSR count). The van der Waals surface area contributed by atoms with Gasteiger partial charge in [-0.1, -0.05) is 6.07 Å². The van der Waals surface area contributed by atoms with E-state index in [0.29, 0.717) is 12.3 Å². The molecule has 6 heteroatoms. The van der Waals surface area contributed by atoms with Crippen molar-refractivity contribution in [3.63, 3.8) is 0 Å². The first-order valence-corrected chi connectivity index (χ1v) is 6.98. The number of hydrogen-bond acceptors (Lipinski definition) is 5. The van der Waals surface area contributed by atoms with Gasteiger partial charge in [0.05, 0.1) is 17.7 Å². The number of non-ortho nitro benzene ring substituents is 1. The van der Waals surface area contributed by atoms with Gasteiger partial charge in [0.2, 0.25) is 0 Å². The van der Waals surface area contributed by atoms with E-state index in [9.17, 15) is 10.1 Å². The number of methoxy groups -OCH3 is 1. The first-order chi connectivity index (χ1) is 10.5. The summed E-state index contributed by atoms with van der Waals surface area (Å²) in [7, 11) is 1.55. The number of hydrogen-bond donors (Lipinski definition) is 1. The molecule has 6 nitrogen and oxygen atoms in total. The Kier molecular flexibility index (Phi) is 5.06. The zero-order valence-corrected chi connectivity index (χ0v) is 12.9. The van der Waals surface area contributed by atoms with Crippen LogP contribution >= 0.6 is 0 Å². The molecule has 1 N–H and O–H groups in total. The number of ether oxygens (including phenoxy) is 1. The molecule has 0 bridgehead atoms. The van der Waals surface area contributed by atoms with Gasteiger partial charge in [0, 0.05) is 36.5 Å². The van der Waals surface area contributed by atoms with Crippen molar-refractivity contribution in [2.75, 3.05) is 7.11 Å². The lowest BCUT2D eigenvalue weighted by Gasteiger charge is -2.17. The van der Waals surface area contributed by atoms with Crippen molar-refractivity contribution in [2.45, 2.75) is 26.4 Å². The number of pyridine rings is 1. The molecule has 0 saturated carbocycles. The number of rotatable bonds is 6. The van der Waals surface area contributed by atoms with E-state index < -0.39 is 4.92 Å². The van der Waals surface area contributed by atoms with E-state index in [1.54, 1.807) is 19.2 Å². The molecule has 0 aliphatic heterocycles. The maximum absolute atomic E-state index is 10.9. The van der Waals surface area contributed by atoms with Crippen LogP contribution in [0.3, 0.4) is 0 Å². The van der Waals surface area contributed by atoms with Crippen LogP contribution in [0, 0.1) is 17.0 Å². The minimum atomic E-state index is -0.406. The van der Waals surface area contributed by atoms with E-state index >= 15 is 0 Å². The summed E-state index contributed by atoms with van der Waals surface area (Å²) in [6.07, 6.45) is 1.82. The Bertz CT molecular complexity index is 656. The second kappa shape index (κ2) is 7.00. The third kappa shape index (κ3) is 3.79. The lowest BCUT2D eigenvalue weighted by atomic mass is 10.1. The lowest BCUT2D eigenvalue weighted by molar-refractivity contribution is -0.385. The normalized spacial score (nSPS) is 12.0. The minimum Gasteiger partial charge on any atom is -0.496 e. The highest BCUT2D eigenvalue weighted by atomic mass is 16.6. The molecule has 0 aliphatic carbocycles. The van der Waals surface area contributed by atoms with Crippen molar-refractivity contribution in [1.82, 2.24) is 10.3 Å². The van der Waals surface area contributed by atoms with Crippen LogP contribution in [0.2, 0.25) is 0 Å². The average molecular weight is 301 g/mol. The van der Waals surface area contributed by atoms with Gasteiger partial charge >= 0.3 is 0 Å². The third-order valence-electron chi connectivity index (χ3n) is 3.45. The SMILES string of the molecule is COc1ccc([N+](=O)[O-])cc1C(C)NCc1ccc(C)cn1. The highest BCUT2D eigenvalue weighted by molar-refractivity contribution is 5.45. The molecule has 0 amide bonds. The predicted octanol–water partition coefficient (Wildman–Crippen LogP) is 3.16. The molecule has 1 aromatic carbocycles. The molecule has 1 unspecified atom stereocenters. The fraction of sp³-hybridized carbons (Fsp3) is 0.312. The van der Waals surface area contributed by atoms with E-state index in [1.165, 1.54) is 6.07 Å². The number of nitro groups is 1. The molecule has 0 aliphatic rings. The number of nitrogens with zero attached hydrogens (tertiary/aromatic N) is 2. The molecule has 0 saturated heterocycles. The Labute approximate surface area is 129 Å². The molecule has 0 spiro atoms. The van der Waals surface area contributed by atoms with Gasteiger partial charge in [-0.25, -0.2) is 0 Å². The molecule has 22 heavy (non-hydrogen) atoms. The summed E-state index contributed by atoms with van der Waals surface area (Å²) in [6.45, 7) is 4.50. The van der Waals surface area contributed by atoms with Crippen molar-refractivity contribution >= 4 is 5.69 Å². The van der Waals surface area contributed by atoms with Crippen LogP contribution in [0.5, 0.6) is 5.75 Å². The Morgan fingerprint density at radius 3 is 2.73 bits per heavy atom. The van der Waals surface area contributed by atoms with Gasteiger partial charge in [-0.3, -0.25) is 15.1 Å². The molecule has 0 fully saturated rings. The molecule has 1 aromatic heterocycles. The Balaban J connectivity index is 2.13. The summed E-state index contributed by atoms with van der Waals surface area (Å²) in [4.78, 5) is 14.8. The van der Waals surface area contributed by atoms with Crippen LogP contribution in [0.15, 0.2) is 36.5 Å². The molecule has 116 valence electrons. The largest absolute Gasteiger partial charge is 0.496 e. The Hall–Kier alpha value is -2.47. The maximum Gasteiger partial charge on any atom is 0.270 e. The van der Waals surface area contributed by atoms with Gasteiger partial charge in [0.25, 0.3) is 5.69 Å².